The van der Waals surface area contributed by atoms with Crippen molar-refractivity contribution in [3.05, 3.63) is 35.4 Å². The summed E-state index contributed by atoms with van der Waals surface area (Å²) >= 11 is 0. The average Bonchev–Trinajstić information content (AvgIpc) is 2.97. The van der Waals surface area contributed by atoms with Crippen molar-refractivity contribution in [1.82, 2.24) is 24.9 Å². The van der Waals surface area contributed by atoms with Gasteiger partial charge in [0.25, 0.3) is 6.43 Å². The first-order chi connectivity index (χ1) is 10.1. The van der Waals surface area contributed by atoms with E-state index in [2.05, 4.69) is 22.4 Å². The van der Waals surface area contributed by atoms with Crippen LogP contribution in [0.4, 0.5) is 8.78 Å². The van der Waals surface area contributed by atoms with Gasteiger partial charge in [-0.25, -0.2) is 8.78 Å². The van der Waals surface area contributed by atoms with E-state index in [0.29, 0.717) is 13.1 Å². The third-order valence-electron chi connectivity index (χ3n) is 3.16. The van der Waals surface area contributed by atoms with E-state index in [0.717, 1.165) is 29.8 Å². The minimum atomic E-state index is -2.38. The lowest BCUT2D eigenvalue weighted by molar-refractivity contribution is 0.122. The molecule has 2 heterocycles. The summed E-state index contributed by atoms with van der Waals surface area (Å²) in [6, 6.07) is 0. The van der Waals surface area contributed by atoms with Gasteiger partial charge in [0.2, 0.25) is 0 Å². The molecule has 0 aliphatic rings. The van der Waals surface area contributed by atoms with Crippen molar-refractivity contribution >= 4 is 0 Å². The lowest BCUT2D eigenvalue weighted by Crippen LogP contribution is -2.12. The summed E-state index contributed by atoms with van der Waals surface area (Å²) in [4.78, 5) is 0. The first kappa shape index (κ1) is 15.6. The van der Waals surface area contributed by atoms with Gasteiger partial charge in [-0.2, -0.15) is 10.2 Å². The second-order valence-electron chi connectivity index (χ2n) is 5.07. The fourth-order valence-corrected chi connectivity index (χ4v) is 2.16. The summed E-state index contributed by atoms with van der Waals surface area (Å²) in [6.07, 6.45) is 3.98. The summed E-state index contributed by atoms with van der Waals surface area (Å²) < 4.78 is 27.7. The van der Waals surface area contributed by atoms with Crippen molar-refractivity contribution in [2.45, 2.75) is 52.9 Å². The molecule has 0 aliphatic carbocycles. The molecule has 7 heteroatoms. The molecule has 0 radical (unpaired) electrons. The third-order valence-corrected chi connectivity index (χ3v) is 3.16. The number of alkyl halides is 2. The molecule has 0 atom stereocenters. The quantitative estimate of drug-likeness (QED) is 0.813. The molecule has 2 rings (SSSR count). The Bertz CT molecular complexity index is 561. The van der Waals surface area contributed by atoms with Crippen LogP contribution in [0.1, 0.15) is 30.2 Å². The van der Waals surface area contributed by atoms with E-state index in [4.69, 9.17) is 0 Å². The predicted octanol–water partition coefficient (Wildman–Crippen LogP) is 2.35. The first-order valence-electron chi connectivity index (χ1n) is 7.11. The standard InChI is InChI=1S/C14H21F2N5/c1-3-4-20-9-13(11(2)19-20)7-17-5-12-6-18-21(8-12)10-14(15)16/h6,8-9,14,17H,3-5,7,10H2,1-2H3. The fourth-order valence-electron chi connectivity index (χ4n) is 2.16. The normalized spacial score (nSPS) is 11.5. The molecule has 2 aromatic rings. The molecular formula is C14H21F2N5. The van der Waals surface area contributed by atoms with Crippen molar-refractivity contribution in [3.8, 4) is 0 Å². The highest BCUT2D eigenvalue weighted by molar-refractivity contribution is 5.15. The van der Waals surface area contributed by atoms with Crippen LogP contribution in [-0.2, 0) is 26.2 Å². The highest BCUT2D eigenvalue weighted by Crippen LogP contribution is 2.07. The number of halogens is 2. The maximum absolute atomic E-state index is 12.2. The molecule has 0 saturated heterocycles. The molecule has 0 saturated carbocycles. The van der Waals surface area contributed by atoms with Crippen LogP contribution in [0.15, 0.2) is 18.6 Å². The summed E-state index contributed by atoms with van der Waals surface area (Å²) in [5, 5.41) is 11.6. The predicted molar refractivity (Wildman–Crippen MR) is 76.0 cm³/mol. The summed E-state index contributed by atoms with van der Waals surface area (Å²) in [6.45, 7) is 5.97. The molecule has 0 spiro atoms. The van der Waals surface area contributed by atoms with Crippen molar-refractivity contribution in [2.24, 2.45) is 0 Å². The number of aromatic nitrogens is 4. The van der Waals surface area contributed by atoms with Gasteiger partial charge in [0, 0.05) is 43.2 Å². The van der Waals surface area contributed by atoms with Crippen molar-refractivity contribution in [2.75, 3.05) is 0 Å². The van der Waals surface area contributed by atoms with Gasteiger partial charge in [-0.1, -0.05) is 6.92 Å². The number of nitrogens with one attached hydrogen (secondary N) is 1. The van der Waals surface area contributed by atoms with Gasteiger partial charge in [-0.05, 0) is 13.3 Å². The molecule has 0 aromatic carbocycles. The molecule has 0 unspecified atom stereocenters. The Balaban J connectivity index is 1.82. The zero-order valence-corrected chi connectivity index (χ0v) is 12.4. The van der Waals surface area contributed by atoms with E-state index in [-0.39, 0.29) is 6.54 Å². The Hall–Kier alpha value is -1.76. The van der Waals surface area contributed by atoms with Gasteiger partial charge in [0.1, 0.15) is 6.54 Å². The molecule has 5 nitrogen and oxygen atoms in total. The Morgan fingerprint density at radius 3 is 2.76 bits per heavy atom. The van der Waals surface area contributed by atoms with Crippen LogP contribution in [0.5, 0.6) is 0 Å². The van der Waals surface area contributed by atoms with Crippen molar-refractivity contribution in [3.63, 3.8) is 0 Å². The molecule has 21 heavy (non-hydrogen) atoms. The van der Waals surface area contributed by atoms with Gasteiger partial charge >= 0.3 is 0 Å². The molecule has 116 valence electrons. The van der Waals surface area contributed by atoms with Crippen molar-refractivity contribution in [1.29, 1.82) is 0 Å². The van der Waals surface area contributed by atoms with Crippen LogP contribution in [0.25, 0.3) is 0 Å². The maximum Gasteiger partial charge on any atom is 0.257 e. The van der Waals surface area contributed by atoms with Crippen LogP contribution in [0, 0.1) is 6.92 Å². The molecule has 0 amide bonds. The van der Waals surface area contributed by atoms with E-state index in [1.165, 1.54) is 4.68 Å². The second-order valence-corrected chi connectivity index (χ2v) is 5.07. The number of hydrogen-bond acceptors (Lipinski definition) is 3. The molecule has 0 bridgehead atoms. The van der Waals surface area contributed by atoms with Crippen LogP contribution in [0.2, 0.25) is 0 Å². The molecule has 1 N–H and O–H groups in total. The van der Waals surface area contributed by atoms with E-state index in [9.17, 15) is 8.78 Å². The minimum Gasteiger partial charge on any atom is -0.308 e. The Morgan fingerprint density at radius 2 is 2.05 bits per heavy atom. The summed E-state index contributed by atoms with van der Waals surface area (Å²) in [7, 11) is 0. The second kappa shape index (κ2) is 7.31. The fraction of sp³-hybridized carbons (Fsp3) is 0.571. The lowest BCUT2D eigenvalue weighted by Gasteiger charge is -2.02. The zero-order chi connectivity index (χ0) is 15.2. The number of aryl methyl sites for hydroxylation is 2. The Kier molecular flexibility index (Phi) is 5.44. The maximum atomic E-state index is 12.2. The monoisotopic (exact) mass is 297 g/mol. The number of hydrogen-bond donors (Lipinski definition) is 1. The van der Waals surface area contributed by atoms with Gasteiger partial charge in [0.05, 0.1) is 11.9 Å². The Labute approximate surface area is 123 Å². The third kappa shape index (κ3) is 4.63. The van der Waals surface area contributed by atoms with Crippen LogP contribution < -0.4 is 5.32 Å². The SMILES string of the molecule is CCCn1cc(CNCc2cnn(CC(F)F)c2)c(C)n1. The van der Waals surface area contributed by atoms with E-state index in [1.54, 1.807) is 12.4 Å². The van der Waals surface area contributed by atoms with Crippen LogP contribution >= 0.6 is 0 Å². The molecule has 0 aliphatic heterocycles. The molecular weight excluding hydrogens is 276 g/mol. The van der Waals surface area contributed by atoms with Gasteiger partial charge < -0.3 is 5.32 Å². The zero-order valence-electron chi connectivity index (χ0n) is 12.4. The molecule has 0 fully saturated rings. The van der Waals surface area contributed by atoms with Crippen LogP contribution in [-0.4, -0.2) is 26.0 Å². The van der Waals surface area contributed by atoms with E-state index in [1.807, 2.05) is 17.8 Å². The summed E-state index contributed by atoms with van der Waals surface area (Å²) in [5.74, 6) is 0. The van der Waals surface area contributed by atoms with Gasteiger partial charge in [0.15, 0.2) is 0 Å². The smallest absolute Gasteiger partial charge is 0.257 e. The lowest BCUT2D eigenvalue weighted by atomic mass is 10.2. The number of nitrogens with zero attached hydrogens (tertiary/aromatic N) is 4. The first-order valence-corrected chi connectivity index (χ1v) is 7.11. The average molecular weight is 297 g/mol. The van der Waals surface area contributed by atoms with Crippen molar-refractivity contribution < 1.29 is 8.78 Å². The number of rotatable bonds is 8. The van der Waals surface area contributed by atoms with E-state index >= 15 is 0 Å². The summed E-state index contributed by atoms with van der Waals surface area (Å²) in [5.41, 5.74) is 3.07. The highest BCUT2D eigenvalue weighted by atomic mass is 19.3. The Morgan fingerprint density at radius 1 is 1.24 bits per heavy atom. The topological polar surface area (TPSA) is 47.7 Å². The van der Waals surface area contributed by atoms with Gasteiger partial charge in [-0.15, -0.1) is 0 Å². The highest BCUT2D eigenvalue weighted by Gasteiger charge is 2.07. The van der Waals surface area contributed by atoms with Crippen LogP contribution in [0.3, 0.4) is 0 Å². The van der Waals surface area contributed by atoms with Gasteiger partial charge in [-0.3, -0.25) is 9.36 Å². The minimum absolute atomic E-state index is 0.358. The molecule has 2 aromatic heterocycles. The largest absolute Gasteiger partial charge is 0.308 e. The van der Waals surface area contributed by atoms with E-state index < -0.39 is 6.43 Å².